The van der Waals surface area contributed by atoms with Crippen molar-refractivity contribution in [1.29, 1.82) is 0 Å². The maximum atomic E-state index is 6.10. The second kappa shape index (κ2) is 8.52. The predicted molar refractivity (Wildman–Crippen MR) is 131 cm³/mol. The van der Waals surface area contributed by atoms with Crippen molar-refractivity contribution in [3.05, 3.63) is 78.0 Å². The fourth-order valence-corrected chi connectivity index (χ4v) is 5.14. The van der Waals surface area contributed by atoms with Gasteiger partial charge in [0.15, 0.2) is 0 Å². The van der Waals surface area contributed by atoms with Crippen LogP contribution >= 0.6 is 0 Å². The zero-order valence-corrected chi connectivity index (χ0v) is 19.1. The smallest absolute Gasteiger partial charge is 0.147 e. The molecule has 2 aromatic heterocycles. The van der Waals surface area contributed by atoms with Crippen molar-refractivity contribution in [3.8, 4) is 11.4 Å². The molecule has 0 radical (unpaired) electrons. The second-order valence-electron chi connectivity index (χ2n) is 9.04. The van der Waals surface area contributed by atoms with Crippen LogP contribution in [0.15, 0.2) is 61.1 Å². The summed E-state index contributed by atoms with van der Waals surface area (Å²) in [6.45, 7) is 8.06. The summed E-state index contributed by atoms with van der Waals surface area (Å²) in [4.78, 5) is 14.1. The highest BCUT2D eigenvalue weighted by Crippen LogP contribution is 2.33. The third-order valence-corrected chi connectivity index (χ3v) is 6.90. The van der Waals surface area contributed by atoms with Gasteiger partial charge in [0.1, 0.15) is 12.4 Å². The van der Waals surface area contributed by atoms with Crippen LogP contribution in [-0.4, -0.2) is 52.2 Å². The molecule has 168 valence electrons. The van der Waals surface area contributed by atoms with E-state index in [1.165, 1.54) is 16.6 Å². The van der Waals surface area contributed by atoms with Crippen molar-refractivity contribution in [1.82, 2.24) is 19.4 Å². The first-order valence-electron chi connectivity index (χ1n) is 11.9. The average molecular weight is 440 g/mol. The van der Waals surface area contributed by atoms with Crippen molar-refractivity contribution in [3.63, 3.8) is 0 Å². The van der Waals surface area contributed by atoms with Gasteiger partial charge < -0.3 is 9.64 Å². The zero-order valence-electron chi connectivity index (χ0n) is 19.1. The summed E-state index contributed by atoms with van der Waals surface area (Å²) in [6.07, 6.45) is 5.92. The van der Waals surface area contributed by atoms with Crippen molar-refractivity contribution < 1.29 is 4.74 Å². The number of benzene rings is 2. The van der Waals surface area contributed by atoms with Crippen LogP contribution in [0.5, 0.6) is 5.75 Å². The van der Waals surface area contributed by atoms with Gasteiger partial charge >= 0.3 is 0 Å². The first kappa shape index (κ1) is 20.2. The van der Waals surface area contributed by atoms with Gasteiger partial charge in [-0.25, -0.2) is 4.98 Å². The number of anilines is 1. The van der Waals surface area contributed by atoms with E-state index in [9.17, 15) is 0 Å². The van der Waals surface area contributed by atoms with Crippen LogP contribution in [0.3, 0.4) is 0 Å². The van der Waals surface area contributed by atoms with Gasteiger partial charge in [-0.3, -0.25) is 14.5 Å². The highest BCUT2D eigenvalue weighted by Gasteiger charge is 2.21. The third-order valence-electron chi connectivity index (χ3n) is 6.90. The molecule has 0 atom stereocenters. The van der Waals surface area contributed by atoms with Crippen LogP contribution in [-0.2, 0) is 13.0 Å². The van der Waals surface area contributed by atoms with Crippen LogP contribution < -0.4 is 9.64 Å². The standard InChI is InChI=1S/C27H29N5O/c1-20-10-11-23-24(29-20)7-3-8-25(23)31-15-13-30(14-16-31)12-4-6-21-5-2-9-26-27(21)33-18-22-17-28-19-32(22)26/h2-3,5,7-11,17,19H,4,6,12-16,18H2,1H3. The first-order valence-corrected chi connectivity index (χ1v) is 11.9. The Labute approximate surface area is 194 Å². The average Bonchev–Trinajstić information content (AvgIpc) is 3.34. The summed E-state index contributed by atoms with van der Waals surface area (Å²) in [5.74, 6) is 1.02. The Balaban J connectivity index is 1.07. The molecule has 0 N–H and O–H groups in total. The van der Waals surface area contributed by atoms with Crippen molar-refractivity contribution in [2.75, 3.05) is 37.6 Å². The summed E-state index contributed by atoms with van der Waals surface area (Å²) in [6, 6.07) is 17.3. The minimum Gasteiger partial charge on any atom is -0.485 e. The molecule has 4 aromatic rings. The van der Waals surface area contributed by atoms with Crippen molar-refractivity contribution >= 4 is 16.6 Å². The summed E-state index contributed by atoms with van der Waals surface area (Å²) < 4.78 is 8.25. The summed E-state index contributed by atoms with van der Waals surface area (Å²) in [5.41, 5.74) is 6.98. The van der Waals surface area contributed by atoms with E-state index in [2.05, 4.69) is 74.8 Å². The summed E-state index contributed by atoms with van der Waals surface area (Å²) >= 11 is 0. The Hall–Kier alpha value is -3.38. The van der Waals surface area contributed by atoms with Crippen LogP contribution in [0.25, 0.3) is 16.6 Å². The molecule has 0 amide bonds. The number of imidazole rings is 1. The molecule has 6 heteroatoms. The number of piperazine rings is 1. The first-order chi connectivity index (χ1) is 16.3. The number of ether oxygens (including phenoxy) is 1. The Morgan fingerprint density at radius 2 is 1.79 bits per heavy atom. The highest BCUT2D eigenvalue weighted by atomic mass is 16.5. The predicted octanol–water partition coefficient (Wildman–Crippen LogP) is 4.38. The molecule has 33 heavy (non-hydrogen) atoms. The van der Waals surface area contributed by atoms with Gasteiger partial charge in [0.25, 0.3) is 0 Å². The number of aryl methyl sites for hydroxylation is 2. The van der Waals surface area contributed by atoms with Crippen molar-refractivity contribution in [2.24, 2.45) is 0 Å². The lowest BCUT2D eigenvalue weighted by Crippen LogP contribution is -2.46. The maximum absolute atomic E-state index is 6.10. The van der Waals surface area contributed by atoms with Gasteiger partial charge in [0, 0.05) is 42.9 Å². The van der Waals surface area contributed by atoms with E-state index in [0.717, 1.165) is 73.9 Å². The van der Waals surface area contributed by atoms with E-state index in [1.807, 2.05) is 12.5 Å². The van der Waals surface area contributed by atoms with Gasteiger partial charge in [-0.15, -0.1) is 0 Å². The number of aromatic nitrogens is 3. The zero-order chi connectivity index (χ0) is 22.2. The van der Waals surface area contributed by atoms with E-state index in [-0.39, 0.29) is 0 Å². The molecule has 2 aromatic carbocycles. The van der Waals surface area contributed by atoms with E-state index < -0.39 is 0 Å². The minimum absolute atomic E-state index is 0.592. The molecule has 4 heterocycles. The van der Waals surface area contributed by atoms with E-state index >= 15 is 0 Å². The maximum Gasteiger partial charge on any atom is 0.147 e. The third kappa shape index (κ3) is 3.85. The number of hydrogen-bond donors (Lipinski definition) is 0. The number of nitrogens with zero attached hydrogens (tertiary/aromatic N) is 5. The summed E-state index contributed by atoms with van der Waals surface area (Å²) in [5, 5.41) is 1.26. The van der Waals surface area contributed by atoms with Gasteiger partial charge in [0.05, 0.1) is 29.4 Å². The van der Waals surface area contributed by atoms with Gasteiger partial charge in [-0.05, 0) is 62.2 Å². The number of pyridine rings is 1. The number of hydrogen-bond acceptors (Lipinski definition) is 5. The largest absolute Gasteiger partial charge is 0.485 e. The van der Waals surface area contributed by atoms with Gasteiger partial charge in [-0.1, -0.05) is 18.2 Å². The number of para-hydroxylation sites is 1. The Kier molecular flexibility index (Phi) is 5.23. The van der Waals surface area contributed by atoms with Gasteiger partial charge in [-0.2, -0.15) is 0 Å². The van der Waals surface area contributed by atoms with Crippen LogP contribution in [0, 0.1) is 6.92 Å². The van der Waals surface area contributed by atoms with Crippen LogP contribution in [0.2, 0.25) is 0 Å². The molecule has 6 rings (SSSR count). The second-order valence-corrected chi connectivity index (χ2v) is 9.04. The molecule has 1 saturated heterocycles. The lowest BCUT2D eigenvalue weighted by molar-refractivity contribution is 0.253. The minimum atomic E-state index is 0.592. The number of fused-ring (bicyclic) bond motifs is 4. The lowest BCUT2D eigenvalue weighted by atomic mass is 10.1. The van der Waals surface area contributed by atoms with Crippen LogP contribution in [0.4, 0.5) is 5.69 Å². The monoisotopic (exact) mass is 439 g/mol. The molecule has 0 aliphatic carbocycles. The lowest BCUT2D eigenvalue weighted by Gasteiger charge is -2.36. The molecule has 0 bridgehead atoms. The molecule has 2 aliphatic heterocycles. The molecular formula is C27H29N5O. The fourth-order valence-electron chi connectivity index (χ4n) is 5.14. The van der Waals surface area contributed by atoms with Crippen molar-refractivity contribution in [2.45, 2.75) is 26.4 Å². The Morgan fingerprint density at radius 1 is 0.939 bits per heavy atom. The van der Waals surface area contributed by atoms with E-state index in [4.69, 9.17) is 9.72 Å². The SMILES string of the molecule is Cc1ccc2c(N3CCN(CCCc4cccc5c4OCc4cncn4-5)CC3)cccc2n1. The molecule has 0 saturated carbocycles. The molecular weight excluding hydrogens is 410 g/mol. The quantitative estimate of drug-likeness (QED) is 0.462. The molecule has 0 unspecified atom stereocenters. The van der Waals surface area contributed by atoms with E-state index in [0.29, 0.717) is 6.61 Å². The molecule has 1 fully saturated rings. The normalized spacial score (nSPS) is 15.8. The fraction of sp³-hybridized carbons (Fsp3) is 0.333. The topological polar surface area (TPSA) is 46.4 Å². The molecule has 0 spiro atoms. The number of rotatable bonds is 5. The van der Waals surface area contributed by atoms with E-state index in [1.54, 1.807) is 0 Å². The van der Waals surface area contributed by atoms with Gasteiger partial charge in [0.2, 0.25) is 0 Å². The van der Waals surface area contributed by atoms with Crippen LogP contribution in [0.1, 0.15) is 23.4 Å². The highest BCUT2D eigenvalue weighted by molar-refractivity contribution is 5.92. The Morgan fingerprint density at radius 3 is 2.70 bits per heavy atom. The Bertz CT molecular complexity index is 1290. The molecule has 2 aliphatic rings. The molecule has 6 nitrogen and oxygen atoms in total. The summed E-state index contributed by atoms with van der Waals surface area (Å²) in [7, 11) is 0.